The predicted molar refractivity (Wildman–Crippen MR) is 84.3 cm³/mol. The van der Waals surface area contributed by atoms with Crippen molar-refractivity contribution in [3.8, 4) is 0 Å². The molecule has 0 aliphatic carbocycles. The Hall–Kier alpha value is -1.05. The molecule has 106 valence electrons. The molecule has 0 N–H and O–H groups in total. The lowest BCUT2D eigenvalue weighted by molar-refractivity contribution is 0.627. The van der Waals surface area contributed by atoms with E-state index in [1.165, 1.54) is 17.7 Å². The van der Waals surface area contributed by atoms with Crippen molar-refractivity contribution in [1.82, 2.24) is 0 Å². The Balaban J connectivity index is 2.26. The van der Waals surface area contributed by atoms with Crippen LogP contribution in [0, 0.1) is 5.82 Å². The van der Waals surface area contributed by atoms with Gasteiger partial charge in [-0.05, 0) is 41.2 Å². The zero-order valence-electron chi connectivity index (χ0n) is 11.5. The van der Waals surface area contributed by atoms with Gasteiger partial charge in [0.1, 0.15) is 5.82 Å². The minimum absolute atomic E-state index is 0.352. The second-order valence-electron chi connectivity index (χ2n) is 5.00. The zero-order valence-corrected chi connectivity index (χ0v) is 13.0. The lowest BCUT2D eigenvalue weighted by atomic mass is 9.96. The summed E-state index contributed by atoms with van der Waals surface area (Å²) in [5.74, 6) is 0.182. The van der Waals surface area contributed by atoms with Crippen molar-refractivity contribution in [2.24, 2.45) is 0 Å². The van der Waals surface area contributed by atoms with Gasteiger partial charge in [0.05, 0.1) is 5.38 Å². The van der Waals surface area contributed by atoms with Crippen molar-refractivity contribution in [3.05, 3.63) is 70.0 Å². The first-order chi connectivity index (χ1) is 9.52. The summed E-state index contributed by atoms with van der Waals surface area (Å²) in [6, 6.07) is 12.5. The van der Waals surface area contributed by atoms with Crippen LogP contribution in [-0.2, 0) is 0 Å². The Morgan fingerprint density at radius 3 is 2.20 bits per heavy atom. The average Bonchev–Trinajstić information content (AvgIpc) is 2.46. The second kappa shape index (κ2) is 6.60. The van der Waals surface area contributed by atoms with Crippen molar-refractivity contribution in [3.63, 3.8) is 0 Å². The normalized spacial score (nSPS) is 14.1. The number of benzene rings is 2. The maximum atomic E-state index is 13.1. The smallest absolute Gasteiger partial charge is 0.124 e. The third kappa shape index (κ3) is 3.34. The Kier molecular flexibility index (Phi) is 5.06. The van der Waals surface area contributed by atoms with Gasteiger partial charge < -0.3 is 0 Å². The van der Waals surface area contributed by atoms with Crippen LogP contribution in [0.5, 0.6) is 0 Å². The van der Waals surface area contributed by atoms with Crippen LogP contribution in [0.1, 0.15) is 48.3 Å². The van der Waals surface area contributed by atoms with Crippen LogP contribution >= 0.6 is 23.2 Å². The summed E-state index contributed by atoms with van der Waals surface area (Å²) in [5, 5.41) is -0.00918. The number of hydrogen-bond donors (Lipinski definition) is 0. The maximum Gasteiger partial charge on any atom is 0.124 e. The van der Waals surface area contributed by atoms with Crippen LogP contribution in [0.25, 0.3) is 0 Å². The van der Waals surface area contributed by atoms with E-state index in [0.717, 1.165) is 17.5 Å². The minimum atomic E-state index is -0.367. The summed E-state index contributed by atoms with van der Waals surface area (Å²) < 4.78 is 13.1. The molecule has 2 aromatic carbocycles. The molecule has 20 heavy (non-hydrogen) atoms. The highest BCUT2D eigenvalue weighted by Crippen LogP contribution is 2.34. The Bertz CT molecular complexity index is 578. The van der Waals surface area contributed by atoms with E-state index in [1.54, 1.807) is 6.07 Å². The molecule has 0 fully saturated rings. The number of rotatable bonds is 4. The van der Waals surface area contributed by atoms with Gasteiger partial charge in [-0.3, -0.25) is 0 Å². The first kappa shape index (κ1) is 15.3. The summed E-state index contributed by atoms with van der Waals surface area (Å²) in [6.07, 6.45) is 1.10. The van der Waals surface area contributed by atoms with E-state index in [2.05, 4.69) is 26.0 Å². The van der Waals surface area contributed by atoms with Crippen LogP contribution in [0.15, 0.2) is 42.5 Å². The monoisotopic (exact) mass is 310 g/mol. The molecule has 0 aliphatic rings. The van der Waals surface area contributed by atoms with Gasteiger partial charge in [0.2, 0.25) is 0 Å². The molecular formula is C17H17Cl2F. The van der Waals surface area contributed by atoms with E-state index in [-0.39, 0.29) is 11.2 Å². The molecule has 2 unspecified atom stereocenters. The van der Waals surface area contributed by atoms with Crippen molar-refractivity contribution >= 4 is 23.2 Å². The molecule has 0 nitrogen and oxygen atoms in total. The molecule has 2 rings (SSSR count). The van der Waals surface area contributed by atoms with Crippen LogP contribution in [-0.4, -0.2) is 0 Å². The van der Waals surface area contributed by atoms with Gasteiger partial charge in [-0.15, -0.1) is 11.6 Å². The first-order valence-electron chi connectivity index (χ1n) is 6.71. The van der Waals surface area contributed by atoms with Crippen LogP contribution < -0.4 is 0 Å². The van der Waals surface area contributed by atoms with Crippen LogP contribution in [0.3, 0.4) is 0 Å². The minimum Gasteiger partial charge on any atom is -0.207 e. The van der Waals surface area contributed by atoms with Crippen LogP contribution in [0.2, 0.25) is 5.02 Å². The van der Waals surface area contributed by atoms with E-state index in [0.29, 0.717) is 10.9 Å². The summed E-state index contributed by atoms with van der Waals surface area (Å²) in [5.41, 5.74) is 2.99. The van der Waals surface area contributed by atoms with Gasteiger partial charge in [0, 0.05) is 5.02 Å². The molecule has 2 aromatic rings. The predicted octanol–water partition coefficient (Wildman–Crippen LogP) is 6.32. The SMILES string of the molecule is CCC(C)c1ccc(C(Cl)c2ccc(F)cc2Cl)cc1. The molecule has 0 aliphatic heterocycles. The van der Waals surface area contributed by atoms with Gasteiger partial charge >= 0.3 is 0 Å². The van der Waals surface area contributed by atoms with E-state index >= 15 is 0 Å². The molecule has 2 atom stereocenters. The van der Waals surface area contributed by atoms with Crippen molar-refractivity contribution < 1.29 is 4.39 Å². The highest BCUT2D eigenvalue weighted by Gasteiger charge is 2.15. The Morgan fingerprint density at radius 2 is 1.65 bits per heavy atom. The molecule has 0 bridgehead atoms. The molecule has 0 saturated carbocycles. The fraction of sp³-hybridized carbons (Fsp3) is 0.294. The van der Waals surface area contributed by atoms with Gasteiger partial charge in [-0.1, -0.05) is 55.8 Å². The largest absolute Gasteiger partial charge is 0.207 e. The van der Waals surface area contributed by atoms with Crippen molar-refractivity contribution in [2.75, 3.05) is 0 Å². The zero-order chi connectivity index (χ0) is 14.7. The standard InChI is InChI=1S/C17H17Cl2F/c1-3-11(2)12-4-6-13(7-5-12)17(19)15-9-8-14(20)10-16(15)18/h4-11,17H,3H2,1-2H3. The average molecular weight is 311 g/mol. The fourth-order valence-electron chi connectivity index (χ4n) is 2.12. The fourth-order valence-corrected chi connectivity index (χ4v) is 2.78. The second-order valence-corrected chi connectivity index (χ2v) is 5.85. The molecule has 0 aromatic heterocycles. The Labute approximate surface area is 129 Å². The summed E-state index contributed by atoms with van der Waals surface area (Å²) in [6.45, 7) is 4.37. The number of hydrogen-bond acceptors (Lipinski definition) is 0. The molecule has 0 heterocycles. The number of halogens is 3. The van der Waals surface area contributed by atoms with Gasteiger partial charge in [0.15, 0.2) is 0 Å². The Morgan fingerprint density at radius 1 is 1.05 bits per heavy atom. The molecule has 3 heteroatoms. The lowest BCUT2D eigenvalue weighted by Crippen LogP contribution is -1.97. The maximum absolute atomic E-state index is 13.1. The molecular weight excluding hydrogens is 294 g/mol. The number of alkyl halides is 1. The van der Waals surface area contributed by atoms with Crippen molar-refractivity contribution in [2.45, 2.75) is 31.6 Å². The highest BCUT2D eigenvalue weighted by atomic mass is 35.5. The van der Waals surface area contributed by atoms with Crippen molar-refractivity contribution in [1.29, 1.82) is 0 Å². The van der Waals surface area contributed by atoms with E-state index in [9.17, 15) is 4.39 Å². The molecule has 0 spiro atoms. The summed E-state index contributed by atoms with van der Waals surface area (Å²) >= 11 is 12.5. The van der Waals surface area contributed by atoms with E-state index in [4.69, 9.17) is 23.2 Å². The van der Waals surface area contributed by atoms with Gasteiger partial charge in [0.25, 0.3) is 0 Å². The summed E-state index contributed by atoms with van der Waals surface area (Å²) in [7, 11) is 0. The van der Waals surface area contributed by atoms with E-state index < -0.39 is 0 Å². The third-order valence-electron chi connectivity index (χ3n) is 3.65. The third-order valence-corrected chi connectivity index (χ3v) is 4.46. The summed E-state index contributed by atoms with van der Waals surface area (Å²) in [4.78, 5) is 0. The molecule has 0 amide bonds. The first-order valence-corrected chi connectivity index (χ1v) is 7.53. The van der Waals surface area contributed by atoms with Gasteiger partial charge in [-0.25, -0.2) is 4.39 Å². The topological polar surface area (TPSA) is 0 Å². The van der Waals surface area contributed by atoms with Crippen LogP contribution in [0.4, 0.5) is 4.39 Å². The van der Waals surface area contributed by atoms with Gasteiger partial charge in [-0.2, -0.15) is 0 Å². The molecule has 0 radical (unpaired) electrons. The van der Waals surface area contributed by atoms with E-state index in [1.807, 2.05) is 12.1 Å². The quantitative estimate of drug-likeness (QED) is 0.579. The molecule has 0 saturated heterocycles. The highest BCUT2D eigenvalue weighted by molar-refractivity contribution is 6.33. The lowest BCUT2D eigenvalue weighted by Gasteiger charge is -2.14.